The van der Waals surface area contributed by atoms with Gasteiger partial charge in [0.05, 0.1) is 0 Å². The van der Waals surface area contributed by atoms with Crippen molar-refractivity contribution in [2.45, 2.75) is 38.3 Å². The van der Waals surface area contributed by atoms with Crippen LogP contribution in [0.1, 0.15) is 32.1 Å². The summed E-state index contributed by atoms with van der Waals surface area (Å²) in [5.74, 6) is 0.751. The maximum atomic E-state index is 12.0. The van der Waals surface area contributed by atoms with Gasteiger partial charge in [-0.25, -0.2) is 0 Å². The summed E-state index contributed by atoms with van der Waals surface area (Å²) in [7, 11) is 1.91. The third-order valence-electron chi connectivity index (χ3n) is 3.38. The molecule has 0 unspecified atom stereocenters. The Morgan fingerprint density at radius 2 is 1.82 bits per heavy atom. The van der Waals surface area contributed by atoms with E-state index in [-0.39, 0.29) is 6.42 Å². The molecule has 17 heavy (non-hydrogen) atoms. The third kappa shape index (κ3) is 7.60. The van der Waals surface area contributed by atoms with Crippen molar-refractivity contribution in [3.8, 4) is 0 Å². The predicted octanol–water partition coefficient (Wildman–Crippen LogP) is 2.65. The lowest BCUT2D eigenvalue weighted by molar-refractivity contribution is -0.136. The first-order valence-corrected chi connectivity index (χ1v) is 6.43. The van der Waals surface area contributed by atoms with Gasteiger partial charge in [0, 0.05) is 6.42 Å². The highest BCUT2D eigenvalue weighted by Crippen LogP contribution is 2.21. The highest BCUT2D eigenvalue weighted by molar-refractivity contribution is 4.69. The van der Waals surface area contributed by atoms with Crippen molar-refractivity contribution in [2.75, 3.05) is 33.2 Å². The van der Waals surface area contributed by atoms with E-state index in [4.69, 9.17) is 0 Å². The number of alkyl halides is 3. The van der Waals surface area contributed by atoms with Crippen LogP contribution in [0.5, 0.6) is 0 Å². The SMILES string of the molecule is CN(CCCC(F)(F)F)CCC1CCNCC1. The minimum Gasteiger partial charge on any atom is -0.317 e. The van der Waals surface area contributed by atoms with Crippen LogP contribution < -0.4 is 5.32 Å². The van der Waals surface area contributed by atoms with Gasteiger partial charge in [-0.3, -0.25) is 0 Å². The normalized spacial score (nSPS) is 18.9. The monoisotopic (exact) mass is 252 g/mol. The highest BCUT2D eigenvalue weighted by Gasteiger charge is 2.26. The standard InChI is InChI=1S/C12H23F3N2/c1-17(9-2-6-12(13,14)15)10-5-11-3-7-16-8-4-11/h11,16H,2-10H2,1H3. The van der Waals surface area contributed by atoms with Crippen molar-refractivity contribution in [2.24, 2.45) is 5.92 Å². The van der Waals surface area contributed by atoms with Gasteiger partial charge in [0.25, 0.3) is 0 Å². The molecule has 0 aromatic heterocycles. The van der Waals surface area contributed by atoms with Crippen molar-refractivity contribution in [1.29, 1.82) is 0 Å². The second kappa shape index (κ2) is 7.21. The number of piperidine rings is 1. The van der Waals surface area contributed by atoms with Gasteiger partial charge in [-0.15, -0.1) is 0 Å². The molecular formula is C12H23F3N2. The Balaban J connectivity index is 2.02. The van der Waals surface area contributed by atoms with E-state index >= 15 is 0 Å². The van der Waals surface area contributed by atoms with Gasteiger partial charge in [0.2, 0.25) is 0 Å². The molecule has 0 aromatic carbocycles. The minimum absolute atomic E-state index is 0.215. The van der Waals surface area contributed by atoms with Gasteiger partial charge in [-0.2, -0.15) is 13.2 Å². The highest BCUT2D eigenvalue weighted by atomic mass is 19.4. The molecule has 2 nitrogen and oxygen atoms in total. The summed E-state index contributed by atoms with van der Waals surface area (Å²) in [6, 6.07) is 0. The van der Waals surface area contributed by atoms with Crippen molar-refractivity contribution in [1.82, 2.24) is 10.2 Å². The molecule has 0 atom stereocenters. The molecule has 1 N–H and O–H groups in total. The largest absolute Gasteiger partial charge is 0.389 e. The van der Waals surface area contributed by atoms with Crippen molar-refractivity contribution >= 4 is 0 Å². The summed E-state index contributed by atoms with van der Waals surface area (Å²) in [5, 5.41) is 3.31. The summed E-state index contributed by atoms with van der Waals surface area (Å²) < 4.78 is 35.9. The van der Waals surface area contributed by atoms with E-state index in [0.717, 1.165) is 32.0 Å². The Morgan fingerprint density at radius 3 is 2.41 bits per heavy atom. The van der Waals surface area contributed by atoms with Crippen LogP contribution in [0.4, 0.5) is 13.2 Å². The molecule has 102 valence electrons. The lowest BCUT2D eigenvalue weighted by Gasteiger charge is -2.25. The first-order valence-electron chi connectivity index (χ1n) is 6.43. The molecule has 1 rings (SSSR count). The van der Waals surface area contributed by atoms with Crippen LogP contribution in [0.25, 0.3) is 0 Å². The van der Waals surface area contributed by atoms with Crippen LogP contribution >= 0.6 is 0 Å². The summed E-state index contributed by atoms with van der Waals surface area (Å²) in [6.07, 6.45) is -0.927. The fraction of sp³-hybridized carbons (Fsp3) is 1.00. The smallest absolute Gasteiger partial charge is 0.317 e. The lowest BCUT2D eigenvalue weighted by atomic mass is 9.94. The van der Waals surface area contributed by atoms with Gasteiger partial charge >= 0.3 is 6.18 Å². The maximum absolute atomic E-state index is 12.0. The molecule has 1 fully saturated rings. The minimum atomic E-state index is -4.00. The number of halogens is 3. The Kier molecular flexibility index (Phi) is 6.27. The fourth-order valence-corrected chi connectivity index (χ4v) is 2.23. The van der Waals surface area contributed by atoms with Gasteiger partial charge in [-0.05, 0) is 64.8 Å². The zero-order chi connectivity index (χ0) is 12.7. The zero-order valence-electron chi connectivity index (χ0n) is 10.5. The molecule has 0 bridgehead atoms. The summed E-state index contributed by atoms with van der Waals surface area (Å²) >= 11 is 0. The van der Waals surface area contributed by atoms with Gasteiger partial charge < -0.3 is 10.2 Å². The van der Waals surface area contributed by atoms with Crippen LogP contribution in [-0.4, -0.2) is 44.3 Å². The third-order valence-corrected chi connectivity index (χ3v) is 3.38. The second-order valence-corrected chi connectivity index (χ2v) is 5.00. The Labute approximate surface area is 102 Å². The molecule has 1 saturated heterocycles. The average Bonchev–Trinajstić information content (AvgIpc) is 2.26. The van der Waals surface area contributed by atoms with Crippen LogP contribution in [0, 0.1) is 5.92 Å². The van der Waals surface area contributed by atoms with E-state index < -0.39 is 12.6 Å². The van der Waals surface area contributed by atoms with E-state index in [1.165, 1.54) is 12.8 Å². The molecule has 0 aromatic rings. The van der Waals surface area contributed by atoms with Gasteiger partial charge in [-0.1, -0.05) is 0 Å². The number of nitrogens with zero attached hydrogens (tertiary/aromatic N) is 1. The second-order valence-electron chi connectivity index (χ2n) is 5.00. The number of rotatable bonds is 6. The van der Waals surface area contributed by atoms with E-state index in [9.17, 15) is 13.2 Å². The molecule has 0 radical (unpaired) electrons. The van der Waals surface area contributed by atoms with Crippen molar-refractivity contribution < 1.29 is 13.2 Å². The van der Waals surface area contributed by atoms with Crippen LogP contribution in [0.15, 0.2) is 0 Å². The number of nitrogens with one attached hydrogen (secondary N) is 1. The van der Waals surface area contributed by atoms with E-state index in [2.05, 4.69) is 5.32 Å². The van der Waals surface area contributed by atoms with Crippen LogP contribution in [-0.2, 0) is 0 Å². The number of hydrogen-bond acceptors (Lipinski definition) is 2. The molecule has 0 saturated carbocycles. The molecule has 1 aliphatic heterocycles. The number of hydrogen-bond donors (Lipinski definition) is 1. The molecular weight excluding hydrogens is 229 g/mol. The van der Waals surface area contributed by atoms with Crippen LogP contribution in [0.3, 0.4) is 0 Å². The van der Waals surface area contributed by atoms with Crippen LogP contribution in [0.2, 0.25) is 0 Å². The quantitative estimate of drug-likeness (QED) is 0.782. The first kappa shape index (κ1) is 14.8. The zero-order valence-corrected chi connectivity index (χ0v) is 10.5. The summed E-state index contributed by atoms with van der Waals surface area (Å²) in [5.41, 5.74) is 0. The molecule has 1 aliphatic rings. The summed E-state index contributed by atoms with van der Waals surface area (Å²) in [4.78, 5) is 2.02. The Bertz CT molecular complexity index is 200. The Morgan fingerprint density at radius 1 is 1.18 bits per heavy atom. The van der Waals surface area contributed by atoms with Crippen molar-refractivity contribution in [3.05, 3.63) is 0 Å². The summed E-state index contributed by atoms with van der Waals surface area (Å²) in [6.45, 7) is 3.64. The first-order chi connectivity index (χ1) is 7.97. The van der Waals surface area contributed by atoms with E-state index in [1.54, 1.807) is 0 Å². The molecule has 1 heterocycles. The molecule has 0 spiro atoms. The molecule has 0 amide bonds. The van der Waals surface area contributed by atoms with E-state index in [0.29, 0.717) is 6.54 Å². The van der Waals surface area contributed by atoms with Gasteiger partial charge in [0.15, 0.2) is 0 Å². The molecule has 5 heteroatoms. The van der Waals surface area contributed by atoms with Gasteiger partial charge in [0.1, 0.15) is 0 Å². The topological polar surface area (TPSA) is 15.3 Å². The lowest BCUT2D eigenvalue weighted by Crippen LogP contribution is -2.30. The van der Waals surface area contributed by atoms with Crippen molar-refractivity contribution in [3.63, 3.8) is 0 Å². The Hall–Kier alpha value is -0.290. The fourth-order valence-electron chi connectivity index (χ4n) is 2.23. The molecule has 0 aliphatic carbocycles. The predicted molar refractivity (Wildman–Crippen MR) is 63.0 cm³/mol. The average molecular weight is 252 g/mol. The maximum Gasteiger partial charge on any atom is 0.389 e. The van der Waals surface area contributed by atoms with E-state index in [1.807, 2.05) is 11.9 Å².